The molecule has 6 nitrogen and oxygen atoms in total. The van der Waals surface area contributed by atoms with Gasteiger partial charge in [0.2, 0.25) is 0 Å². The van der Waals surface area contributed by atoms with Crippen LogP contribution < -0.4 is 5.32 Å². The van der Waals surface area contributed by atoms with E-state index < -0.39 is 0 Å². The summed E-state index contributed by atoms with van der Waals surface area (Å²) in [5, 5.41) is 5.04. The van der Waals surface area contributed by atoms with Crippen LogP contribution in [0.5, 0.6) is 0 Å². The van der Waals surface area contributed by atoms with Crippen molar-refractivity contribution >= 4 is 27.7 Å². The minimum absolute atomic E-state index is 0.146. The topological polar surface area (TPSA) is 75.6 Å². The molecule has 0 atom stereocenters. The molecule has 6 heteroatoms. The Hall–Kier alpha value is -3.15. The highest BCUT2D eigenvalue weighted by molar-refractivity contribution is 6.09. The summed E-state index contributed by atoms with van der Waals surface area (Å²) < 4.78 is 1.99. The Morgan fingerprint density at radius 3 is 3.00 bits per heavy atom. The number of rotatable bonds is 5. The zero-order chi connectivity index (χ0) is 16.4. The van der Waals surface area contributed by atoms with Crippen LogP contribution in [-0.2, 0) is 6.54 Å². The van der Waals surface area contributed by atoms with Crippen molar-refractivity contribution in [3.8, 4) is 0 Å². The van der Waals surface area contributed by atoms with E-state index in [0.29, 0.717) is 12.2 Å². The van der Waals surface area contributed by atoms with Crippen molar-refractivity contribution in [2.24, 2.45) is 0 Å². The number of hydrogen-bond donors (Lipinski definition) is 2. The monoisotopic (exact) mass is 319 g/mol. The SMILES string of the molecule is O=C(NCCCn1ccnc1)c1cc2c(cn1)[nH]c1ccccc12. The molecule has 3 aromatic heterocycles. The number of pyridine rings is 1. The number of aromatic amines is 1. The second kappa shape index (κ2) is 6.16. The van der Waals surface area contributed by atoms with Gasteiger partial charge in [0.05, 0.1) is 18.0 Å². The van der Waals surface area contributed by atoms with Crippen LogP contribution in [0.3, 0.4) is 0 Å². The fourth-order valence-corrected chi connectivity index (χ4v) is 2.85. The summed E-state index contributed by atoms with van der Waals surface area (Å²) >= 11 is 0. The summed E-state index contributed by atoms with van der Waals surface area (Å²) in [5.41, 5.74) is 2.43. The standard InChI is InChI=1S/C18H17N5O/c24-18(20-6-3-8-23-9-7-19-12-23)16-10-14-13-4-1-2-5-15(13)22-17(14)11-21-16/h1-2,4-5,7,9-12,22H,3,6,8H2,(H,20,24). The second-order valence-electron chi connectivity index (χ2n) is 5.70. The lowest BCUT2D eigenvalue weighted by atomic mass is 10.1. The number of carbonyl (C=O) groups excluding carboxylic acids is 1. The summed E-state index contributed by atoms with van der Waals surface area (Å²) in [6, 6.07) is 9.89. The Balaban J connectivity index is 1.46. The lowest BCUT2D eigenvalue weighted by Gasteiger charge is -2.05. The van der Waals surface area contributed by atoms with E-state index in [-0.39, 0.29) is 5.91 Å². The van der Waals surface area contributed by atoms with Gasteiger partial charge in [-0.25, -0.2) is 9.97 Å². The Kier molecular flexibility index (Phi) is 3.70. The third-order valence-corrected chi connectivity index (χ3v) is 4.06. The molecule has 0 spiro atoms. The van der Waals surface area contributed by atoms with Crippen LogP contribution in [0.15, 0.2) is 55.2 Å². The van der Waals surface area contributed by atoms with Crippen LogP contribution in [-0.4, -0.2) is 32.0 Å². The number of carbonyl (C=O) groups is 1. The minimum Gasteiger partial charge on any atom is -0.353 e. The molecule has 120 valence electrons. The van der Waals surface area contributed by atoms with Crippen molar-refractivity contribution in [2.45, 2.75) is 13.0 Å². The second-order valence-corrected chi connectivity index (χ2v) is 5.70. The van der Waals surface area contributed by atoms with Crippen molar-refractivity contribution in [2.75, 3.05) is 6.54 Å². The van der Waals surface area contributed by atoms with Gasteiger partial charge >= 0.3 is 0 Å². The predicted octanol–water partition coefficient (Wildman–Crippen LogP) is 2.73. The Morgan fingerprint density at radius 2 is 2.12 bits per heavy atom. The van der Waals surface area contributed by atoms with Gasteiger partial charge in [-0.2, -0.15) is 0 Å². The van der Waals surface area contributed by atoms with Crippen molar-refractivity contribution < 1.29 is 4.79 Å². The molecule has 1 aromatic carbocycles. The molecule has 0 aliphatic rings. The summed E-state index contributed by atoms with van der Waals surface area (Å²) in [6.45, 7) is 1.43. The molecular formula is C18H17N5O. The highest BCUT2D eigenvalue weighted by Gasteiger charge is 2.10. The molecule has 0 saturated carbocycles. The smallest absolute Gasteiger partial charge is 0.269 e. The number of H-pyrrole nitrogens is 1. The molecule has 3 heterocycles. The van der Waals surface area contributed by atoms with E-state index in [1.807, 2.05) is 41.1 Å². The molecule has 0 fully saturated rings. The van der Waals surface area contributed by atoms with Gasteiger partial charge in [0.15, 0.2) is 0 Å². The van der Waals surface area contributed by atoms with Gasteiger partial charge in [-0.3, -0.25) is 4.79 Å². The first-order valence-corrected chi connectivity index (χ1v) is 7.92. The highest BCUT2D eigenvalue weighted by atomic mass is 16.1. The maximum absolute atomic E-state index is 12.3. The van der Waals surface area contributed by atoms with Crippen LogP contribution in [0.1, 0.15) is 16.9 Å². The van der Waals surface area contributed by atoms with Gasteiger partial charge in [-0.05, 0) is 18.6 Å². The van der Waals surface area contributed by atoms with E-state index in [2.05, 4.69) is 20.3 Å². The van der Waals surface area contributed by atoms with Crippen molar-refractivity contribution in [3.05, 3.63) is 60.9 Å². The first-order chi connectivity index (χ1) is 11.8. The molecule has 0 radical (unpaired) electrons. The molecule has 24 heavy (non-hydrogen) atoms. The lowest BCUT2D eigenvalue weighted by molar-refractivity contribution is 0.0948. The third-order valence-electron chi connectivity index (χ3n) is 4.06. The van der Waals surface area contributed by atoms with E-state index in [9.17, 15) is 4.79 Å². The maximum Gasteiger partial charge on any atom is 0.269 e. The number of aryl methyl sites for hydroxylation is 1. The summed E-state index contributed by atoms with van der Waals surface area (Å²) in [7, 11) is 0. The number of imidazole rings is 1. The highest BCUT2D eigenvalue weighted by Crippen LogP contribution is 2.24. The van der Waals surface area contributed by atoms with E-state index in [0.717, 1.165) is 34.8 Å². The summed E-state index contributed by atoms with van der Waals surface area (Å²) in [4.78, 5) is 23.9. The number of fused-ring (bicyclic) bond motifs is 3. The molecule has 2 N–H and O–H groups in total. The average molecular weight is 319 g/mol. The van der Waals surface area contributed by atoms with E-state index in [1.165, 1.54) is 0 Å². The Labute approximate surface area is 138 Å². The Bertz CT molecular complexity index is 987. The zero-order valence-corrected chi connectivity index (χ0v) is 13.1. The quantitative estimate of drug-likeness (QED) is 0.555. The maximum atomic E-state index is 12.3. The van der Waals surface area contributed by atoms with E-state index in [4.69, 9.17) is 0 Å². The van der Waals surface area contributed by atoms with Gasteiger partial charge in [0, 0.05) is 41.8 Å². The third kappa shape index (κ3) is 2.74. The van der Waals surface area contributed by atoms with Gasteiger partial charge in [0.1, 0.15) is 5.69 Å². The van der Waals surface area contributed by atoms with Gasteiger partial charge in [-0.15, -0.1) is 0 Å². The minimum atomic E-state index is -0.146. The van der Waals surface area contributed by atoms with Crippen LogP contribution in [0, 0.1) is 0 Å². The number of amides is 1. The van der Waals surface area contributed by atoms with Crippen molar-refractivity contribution in [1.29, 1.82) is 0 Å². The molecule has 0 aliphatic heterocycles. The summed E-state index contributed by atoms with van der Waals surface area (Å²) in [5.74, 6) is -0.146. The molecule has 4 aromatic rings. The van der Waals surface area contributed by atoms with Crippen molar-refractivity contribution in [1.82, 2.24) is 24.8 Å². The fourth-order valence-electron chi connectivity index (χ4n) is 2.85. The number of para-hydroxylation sites is 1. The molecule has 0 saturated heterocycles. The first-order valence-electron chi connectivity index (χ1n) is 7.92. The normalized spacial score (nSPS) is 11.2. The first kappa shape index (κ1) is 14.4. The average Bonchev–Trinajstić information content (AvgIpc) is 3.25. The fraction of sp³-hybridized carbons (Fsp3) is 0.167. The van der Waals surface area contributed by atoms with Crippen molar-refractivity contribution in [3.63, 3.8) is 0 Å². The van der Waals surface area contributed by atoms with Crippen LogP contribution >= 0.6 is 0 Å². The number of hydrogen-bond acceptors (Lipinski definition) is 3. The van der Waals surface area contributed by atoms with Crippen LogP contribution in [0.25, 0.3) is 21.8 Å². The number of aromatic nitrogens is 4. The molecule has 0 bridgehead atoms. The Morgan fingerprint density at radius 1 is 1.21 bits per heavy atom. The van der Waals surface area contributed by atoms with Crippen LogP contribution in [0.2, 0.25) is 0 Å². The molecule has 1 amide bonds. The van der Waals surface area contributed by atoms with Gasteiger partial charge in [0.25, 0.3) is 5.91 Å². The number of nitrogens with one attached hydrogen (secondary N) is 2. The molecular weight excluding hydrogens is 302 g/mol. The molecule has 0 aliphatic carbocycles. The van der Waals surface area contributed by atoms with E-state index >= 15 is 0 Å². The van der Waals surface area contributed by atoms with Gasteiger partial charge < -0.3 is 14.9 Å². The number of benzene rings is 1. The predicted molar refractivity (Wildman–Crippen MR) is 92.8 cm³/mol. The molecule has 4 rings (SSSR count). The largest absolute Gasteiger partial charge is 0.353 e. The lowest BCUT2D eigenvalue weighted by Crippen LogP contribution is -2.26. The number of nitrogens with zero attached hydrogens (tertiary/aromatic N) is 3. The van der Waals surface area contributed by atoms with E-state index in [1.54, 1.807) is 18.7 Å². The molecule has 0 unspecified atom stereocenters. The van der Waals surface area contributed by atoms with Crippen LogP contribution in [0.4, 0.5) is 0 Å². The zero-order valence-electron chi connectivity index (χ0n) is 13.1. The van der Waals surface area contributed by atoms with Gasteiger partial charge in [-0.1, -0.05) is 18.2 Å². The summed E-state index contributed by atoms with van der Waals surface area (Å²) in [6.07, 6.45) is 7.99.